The number of rotatable bonds is 3. The van der Waals surface area contributed by atoms with E-state index in [4.69, 9.17) is 19.6 Å². The molecule has 0 fully saturated rings. The summed E-state index contributed by atoms with van der Waals surface area (Å²) < 4.78 is 31.8. The summed E-state index contributed by atoms with van der Waals surface area (Å²) in [6.07, 6.45) is 0. The maximum atomic E-state index is 11.0. The summed E-state index contributed by atoms with van der Waals surface area (Å²) >= 11 is 4.82. The third-order valence-corrected chi connectivity index (χ3v) is 4.14. The van der Waals surface area contributed by atoms with Gasteiger partial charge in [-0.05, 0) is 0 Å². The molecule has 1 N–H and O–H groups in total. The predicted molar refractivity (Wildman–Crippen MR) is 60.0 cm³/mol. The Morgan fingerprint density at radius 2 is 1.94 bits per heavy atom. The Hall–Kier alpha value is -0.506. The van der Waals surface area contributed by atoms with Crippen LogP contribution in [0.3, 0.4) is 0 Å². The van der Waals surface area contributed by atoms with Crippen LogP contribution in [0.5, 0.6) is 0 Å². The number of hydrogen-bond donors (Lipinski definition) is 1. The molecule has 0 atom stereocenters. The molecular formula is C11H14NiO3S. The quantitative estimate of drug-likeness (QED) is 0.682. The van der Waals surface area contributed by atoms with E-state index in [1.807, 2.05) is 20.8 Å². The second-order valence-electron chi connectivity index (χ2n) is 4.12. The van der Waals surface area contributed by atoms with Crippen molar-refractivity contribution in [1.82, 2.24) is 0 Å². The van der Waals surface area contributed by atoms with Crippen LogP contribution in [0.15, 0.2) is 29.2 Å². The molecule has 0 bridgehead atoms. The third kappa shape index (κ3) is 2.79. The fourth-order valence-corrected chi connectivity index (χ4v) is 1.90. The molecule has 0 aliphatic carbocycles. The van der Waals surface area contributed by atoms with E-state index in [1.165, 1.54) is 12.1 Å². The average molecular weight is 285 g/mol. The van der Waals surface area contributed by atoms with Crippen LogP contribution >= 0.6 is 0 Å². The van der Waals surface area contributed by atoms with Gasteiger partial charge in [-0.15, -0.1) is 0 Å². The van der Waals surface area contributed by atoms with Crippen molar-refractivity contribution in [2.24, 2.45) is 0 Å². The third-order valence-electron chi connectivity index (χ3n) is 2.68. The van der Waals surface area contributed by atoms with Gasteiger partial charge in [-0.2, -0.15) is 0 Å². The molecule has 1 rings (SSSR count). The Morgan fingerprint density at radius 3 is 2.38 bits per heavy atom. The molecule has 92 valence electrons. The first-order valence-corrected chi connectivity index (χ1v) is 6.63. The Kier molecular flexibility index (Phi) is 3.73. The van der Waals surface area contributed by atoms with Gasteiger partial charge in [0.2, 0.25) is 0 Å². The summed E-state index contributed by atoms with van der Waals surface area (Å²) in [6, 6.07) is 6.22. The first kappa shape index (κ1) is 13.6. The van der Waals surface area contributed by atoms with Gasteiger partial charge in [0, 0.05) is 0 Å². The Bertz CT molecular complexity index is 518. The normalized spacial score (nSPS) is 12.6. The average Bonchev–Trinajstić information content (AvgIpc) is 2.16. The topological polar surface area (TPSA) is 54.4 Å². The predicted octanol–water partition coefficient (Wildman–Crippen LogP) is 1.95. The standard InChI is InChI=1S/C11H14O3S.Ni/c1-4-11(2,3)9-6-5-7-10(8-9)15(12,13)14;/h5-8H,1-3H3,(H,12,13,14);. The van der Waals surface area contributed by atoms with E-state index in [9.17, 15) is 8.42 Å². The SMILES string of the molecule is C[C](=[Ni])C(C)(C)c1cccc(S(=O)(=O)O)c1. The molecule has 3 nitrogen and oxygen atoms in total. The molecule has 0 radical (unpaired) electrons. The molecule has 0 aromatic heterocycles. The summed E-state index contributed by atoms with van der Waals surface area (Å²) in [5.41, 5.74) is 0.409. The van der Waals surface area contributed by atoms with Crippen LogP contribution in [0.4, 0.5) is 0 Å². The minimum atomic E-state index is -4.15. The number of benzene rings is 1. The van der Waals surface area contributed by atoms with Crippen molar-refractivity contribution in [1.29, 1.82) is 0 Å². The van der Waals surface area contributed by atoms with Gasteiger partial charge >= 0.3 is 104 Å². The molecule has 0 saturated heterocycles. The summed E-state index contributed by atoms with van der Waals surface area (Å²) in [5.74, 6) is 0. The zero-order valence-corrected chi connectivity index (χ0v) is 11.1. The Labute approximate surface area is 104 Å². The van der Waals surface area contributed by atoms with Crippen molar-refractivity contribution in [3.63, 3.8) is 0 Å². The van der Waals surface area contributed by atoms with Gasteiger partial charge in [0.25, 0.3) is 0 Å². The summed E-state index contributed by atoms with van der Waals surface area (Å²) in [4.78, 5) is -0.0978. The second kappa shape index (κ2) is 4.40. The Balaban J connectivity index is 3.34. The van der Waals surface area contributed by atoms with Crippen LogP contribution in [0.25, 0.3) is 0 Å². The zero-order chi connectivity index (χ0) is 12.6. The molecule has 0 aliphatic heterocycles. The molecule has 0 unspecified atom stereocenters. The maximum absolute atomic E-state index is 11.0. The van der Waals surface area contributed by atoms with Crippen LogP contribution in [-0.4, -0.2) is 17.5 Å². The van der Waals surface area contributed by atoms with E-state index < -0.39 is 10.1 Å². The first-order valence-electron chi connectivity index (χ1n) is 4.70. The van der Waals surface area contributed by atoms with Crippen LogP contribution in [0.1, 0.15) is 26.3 Å². The van der Waals surface area contributed by atoms with E-state index in [1.54, 1.807) is 12.1 Å². The van der Waals surface area contributed by atoms with Crippen LogP contribution in [-0.2, 0) is 30.6 Å². The van der Waals surface area contributed by atoms with Crippen molar-refractivity contribution in [2.75, 3.05) is 0 Å². The van der Waals surface area contributed by atoms with Crippen LogP contribution < -0.4 is 0 Å². The van der Waals surface area contributed by atoms with Crippen molar-refractivity contribution in [3.05, 3.63) is 29.8 Å². The van der Waals surface area contributed by atoms with E-state index in [2.05, 4.69) is 0 Å². The van der Waals surface area contributed by atoms with Gasteiger partial charge in [0.1, 0.15) is 0 Å². The number of hydrogen-bond acceptors (Lipinski definition) is 2. The van der Waals surface area contributed by atoms with Crippen LogP contribution in [0, 0.1) is 0 Å². The van der Waals surface area contributed by atoms with Gasteiger partial charge in [-0.3, -0.25) is 0 Å². The van der Waals surface area contributed by atoms with Crippen molar-refractivity contribution in [2.45, 2.75) is 31.1 Å². The van der Waals surface area contributed by atoms with Crippen molar-refractivity contribution < 1.29 is 28.0 Å². The fraction of sp³-hybridized carbons (Fsp3) is 0.364. The molecule has 5 heteroatoms. The van der Waals surface area contributed by atoms with Gasteiger partial charge in [-0.25, -0.2) is 0 Å². The molecule has 0 saturated carbocycles. The molecule has 0 amide bonds. The Morgan fingerprint density at radius 1 is 1.38 bits per heavy atom. The first-order chi connectivity index (χ1) is 7.15. The zero-order valence-electron chi connectivity index (χ0n) is 9.30. The molecule has 16 heavy (non-hydrogen) atoms. The molecule has 0 spiro atoms. The van der Waals surface area contributed by atoms with Crippen molar-refractivity contribution >= 4 is 14.6 Å². The van der Waals surface area contributed by atoms with E-state index in [0.29, 0.717) is 0 Å². The van der Waals surface area contributed by atoms with Crippen molar-refractivity contribution in [3.8, 4) is 0 Å². The van der Waals surface area contributed by atoms with Gasteiger partial charge in [-0.1, -0.05) is 0 Å². The van der Waals surface area contributed by atoms with E-state index in [-0.39, 0.29) is 10.3 Å². The summed E-state index contributed by atoms with van der Waals surface area (Å²) in [5, 5.41) is 0. The minimum absolute atomic E-state index is 0.0978. The van der Waals surface area contributed by atoms with Crippen LogP contribution in [0.2, 0.25) is 0 Å². The van der Waals surface area contributed by atoms with E-state index >= 15 is 0 Å². The molecule has 1 aromatic carbocycles. The van der Waals surface area contributed by atoms with Gasteiger partial charge < -0.3 is 0 Å². The van der Waals surface area contributed by atoms with Gasteiger partial charge in [0.15, 0.2) is 0 Å². The van der Waals surface area contributed by atoms with E-state index in [0.717, 1.165) is 10.1 Å². The molecule has 0 aliphatic rings. The van der Waals surface area contributed by atoms with Gasteiger partial charge in [0.05, 0.1) is 0 Å². The monoisotopic (exact) mass is 284 g/mol. The summed E-state index contributed by atoms with van der Waals surface area (Å²) in [6.45, 7) is 5.68. The molecule has 0 heterocycles. The molecular weight excluding hydrogens is 271 g/mol. The molecule has 1 aromatic rings. The summed E-state index contributed by atoms with van der Waals surface area (Å²) in [7, 11) is -4.15. The second-order valence-corrected chi connectivity index (χ2v) is 6.28. The fourth-order valence-electron chi connectivity index (χ4n) is 1.24.